The zero-order valence-corrected chi connectivity index (χ0v) is 13.2. The number of hydrogen-bond acceptors (Lipinski definition) is 3. The monoisotopic (exact) mass is 317 g/mol. The van der Waals surface area contributed by atoms with Crippen molar-refractivity contribution in [2.45, 2.75) is 6.92 Å². The molecule has 0 atom stereocenters. The molecule has 0 saturated heterocycles. The lowest BCUT2D eigenvalue weighted by molar-refractivity contribution is 0.0526. The minimum atomic E-state index is -0.358. The Labute approximate surface area is 137 Å². The maximum absolute atomic E-state index is 12.9. The topological polar surface area (TPSA) is 47.8 Å². The Kier molecular flexibility index (Phi) is 3.31. The lowest BCUT2D eigenvalue weighted by Gasteiger charge is -2.04. The van der Waals surface area contributed by atoms with Crippen LogP contribution in [0, 0.1) is 0 Å². The molecule has 0 bridgehead atoms. The van der Waals surface area contributed by atoms with E-state index in [4.69, 9.17) is 4.74 Å². The molecule has 4 aromatic rings. The van der Waals surface area contributed by atoms with E-state index in [1.807, 2.05) is 48.5 Å². The zero-order valence-electron chi connectivity index (χ0n) is 13.2. The normalized spacial score (nSPS) is 11.2. The van der Waals surface area contributed by atoms with E-state index in [1.54, 1.807) is 23.6 Å². The molecule has 0 aliphatic carbocycles. The maximum atomic E-state index is 12.9. The molecule has 0 fully saturated rings. The summed E-state index contributed by atoms with van der Waals surface area (Å²) in [7, 11) is 0. The molecule has 0 aliphatic heterocycles. The van der Waals surface area contributed by atoms with Crippen molar-refractivity contribution < 1.29 is 9.53 Å². The molecule has 24 heavy (non-hydrogen) atoms. The fourth-order valence-electron chi connectivity index (χ4n) is 3.14. The van der Waals surface area contributed by atoms with Crippen molar-refractivity contribution in [3.05, 3.63) is 76.7 Å². The van der Waals surface area contributed by atoms with Crippen molar-refractivity contribution in [3.63, 3.8) is 0 Å². The van der Waals surface area contributed by atoms with Crippen LogP contribution in [-0.2, 0) is 4.74 Å². The van der Waals surface area contributed by atoms with Gasteiger partial charge in [-0.1, -0.05) is 24.3 Å². The lowest BCUT2D eigenvalue weighted by atomic mass is 10.0. The van der Waals surface area contributed by atoms with Gasteiger partial charge in [-0.25, -0.2) is 4.79 Å². The van der Waals surface area contributed by atoms with Crippen molar-refractivity contribution in [2.24, 2.45) is 0 Å². The van der Waals surface area contributed by atoms with Crippen LogP contribution in [-0.4, -0.2) is 17.0 Å². The Balaban J connectivity index is 2.23. The first-order valence-electron chi connectivity index (χ1n) is 7.83. The van der Waals surface area contributed by atoms with Crippen molar-refractivity contribution in [1.82, 2.24) is 4.40 Å². The average Bonchev–Trinajstić information content (AvgIpc) is 3.07. The first-order chi connectivity index (χ1) is 11.7. The van der Waals surface area contributed by atoms with Crippen LogP contribution in [0.4, 0.5) is 0 Å². The summed E-state index contributed by atoms with van der Waals surface area (Å²) in [6.45, 7) is 2.11. The molecular formula is C20H15NO3. The van der Waals surface area contributed by atoms with E-state index in [9.17, 15) is 9.59 Å². The molecule has 0 unspecified atom stereocenters. The quantitative estimate of drug-likeness (QED) is 0.529. The molecule has 0 aliphatic rings. The zero-order chi connectivity index (χ0) is 16.7. The number of nitrogens with zero attached hydrogens (tertiary/aromatic N) is 1. The Morgan fingerprint density at radius 3 is 2.54 bits per heavy atom. The van der Waals surface area contributed by atoms with Gasteiger partial charge in [0.2, 0.25) is 0 Å². The van der Waals surface area contributed by atoms with Crippen LogP contribution in [0.15, 0.2) is 65.6 Å². The molecular weight excluding hydrogens is 302 g/mol. The van der Waals surface area contributed by atoms with Crippen molar-refractivity contribution in [2.75, 3.05) is 6.61 Å². The standard InChI is InChI=1S/C20H15NO3/c1-2-24-20(23)13-9-10-15-17(12-13)14-6-3-4-7-16(14)19(22)21-11-5-8-18(15)21/h3-12H,2H2,1H3. The van der Waals surface area contributed by atoms with Gasteiger partial charge < -0.3 is 4.74 Å². The summed E-state index contributed by atoms with van der Waals surface area (Å²) in [6, 6.07) is 16.7. The second-order valence-electron chi connectivity index (χ2n) is 5.60. The smallest absolute Gasteiger partial charge is 0.338 e. The van der Waals surface area contributed by atoms with Crippen LogP contribution < -0.4 is 5.56 Å². The molecule has 0 saturated carbocycles. The first-order valence-corrected chi connectivity index (χ1v) is 7.83. The van der Waals surface area contributed by atoms with Gasteiger partial charge in [0.15, 0.2) is 0 Å². The van der Waals surface area contributed by atoms with Gasteiger partial charge in [0.25, 0.3) is 5.56 Å². The van der Waals surface area contributed by atoms with E-state index < -0.39 is 0 Å². The molecule has 118 valence electrons. The van der Waals surface area contributed by atoms with Crippen LogP contribution in [0.2, 0.25) is 0 Å². The van der Waals surface area contributed by atoms with Gasteiger partial charge in [0.05, 0.1) is 17.7 Å². The Bertz CT molecular complexity index is 1160. The summed E-state index contributed by atoms with van der Waals surface area (Å²) in [5.74, 6) is -0.358. The minimum Gasteiger partial charge on any atom is -0.462 e. The number of hydrogen-bond donors (Lipinski definition) is 0. The highest BCUT2D eigenvalue weighted by atomic mass is 16.5. The van der Waals surface area contributed by atoms with Crippen LogP contribution in [0.25, 0.3) is 27.1 Å². The first kappa shape index (κ1) is 14.5. The highest BCUT2D eigenvalue weighted by Crippen LogP contribution is 2.26. The molecule has 4 rings (SSSR count). The van der Waals surface area contributed by atoms with E-state index in [1.165, 1.54) is 0 Å². The van der Waals surface area contributed by atoms with Crippen molar-refractivity contribution in [3.8, 4) is 0 Å². The number of aromatic nitrogens is 1. The van der Waals surface area contributed by atoms with Gasteiger partial charge in [0.1, 0.15) is 0 Å². The summed E-state index contributed by atoms with van der Waals surface area (Å²) < 4.78 is 6.75. The summed E-state index contributed by atoms with van der Waals surface area (Å²) in [4.78, 5) is 24.9. The highest BCUT2D eigenvalue weighted by Gasteiger charge is 2.12. The molecule has 0 spiro atoms. The van der Waals surface area contributed by atoms with Gasteiger partial charge >= 0.3 is 5.97 Å². The van der Waals surface area contributed by atoms with Gasteiger partial charge in [-0.2, -0.15) is 0 Å². The predicted octanol–water partition coefficient (Wildman–Crippen LogP) is 3.78. The molecule has 2 aromatic carbocycles. The Morgan fingerprint density at radius 1 is 0.958 bits per heavy atom. The Hall–Kier alpha value is -3.14. The summed E-state index contributed by atoms with van der Waals surface area (Å²) in [5.41, 5.74) is 1.24. The predicted molar refractivity (Wildman–Crippen MR) is 94.6 cm³/mol. The number of fused-ring (bicyclic) bond motifs is 5. The van der Waals surface area contributed by atoms with E-state index in [-0.39, 0.29) is 11.5 Å². The number of esters is 1. The SMILES string of the molecule is CCOC(=O)c1ccc2c(c1)c1ccccc1c(=O)n1cccc21. The third-order valence-corrected chi connectivity index (χ3v) is 4.22. The molecule has 4 heteroatoms. The van der Waals surface area contributed by atoms with Gasteiger partial charge in [-0.15, -0.1) is 0 Å². The summed E-state index contributed by atoms with van der Waals surface area (Å²) in [6.07, 6.45) is 1.77. The average molecular weight is 317 g/mol. The molecule has 0 amide bonds. The number of ether oxygens (including phenoxy) is 1. The van der Waals surface area contributed by atoms with Crippen LogP contribution >= 0.6 is 0 Å². The summed E-state index contributed by atoms with van der Waals surface area (Å²) >= 11 is 0. The van der Waals surface area contributed by atoms with Crippen LogP contribution in [0.3, 0.4) is 0 Å². The van der Waals surface area contributed by atoms with Gasteiger partial charge in [-0.05, 0) is 48.0 Å². The molecule has 0 radical (unpaired) electrons. The van der Waals surface area contributed by atoms with Crippen LogP contribution in [0.1, 0.15) is 17.3 Å². The molecule has 2 aromatic heterocycles. The largest absolute Gasteiger partial charge is 0.462 e. The van der Waals surface area contributed by atoms with Crippen LogP contribution in [0.5, 0.6) is 0 Å². The number of rotatable bonds is 2. The molecule has 4 nitrogen and oxygen atoms in total. The molecule has 2 heterocycles. The highest BCUT2D eigenvalue weighted by molar-refractivity contribution is 6.12. The number of carbonyl (C=O) groups is 1. The van der Waals surface area contributed by atoms with Crippen molar-refractivity contribution >= 4 is 33.0 Å². The lowest BCUT2D eigenvalue weighted by Crippen LogP contribution is -2.07. The third-order valence-electron chi connectivity index (χ3n) is 4.22. The van der Waals surface area contributed by atoms with E-state index in [0.29, 0.717) is 17.6 Å². The van der Waals surface area contributed by atoms with Crippen molar-refractivity contribution in [1.29, 1.82) is 0 Å². The van der Waals surface area contributed by atoms with Gasteiger partial charge in [-0.3, -0.25) is 9.20 Å². The second kappa shape index (κ2) is 5.49. The minimum absolute atomic E-state index is 0.0699. The summed E-state index contributed by atoms with van der Waals surface area (Å²) in [5, 5.41) is 3.23. The Morgan fingerprint density at radius 2 is 1.75 bits per heavy atom. The van der Waals surface area contributed by atoms with E-state index >= 15 is 0 Å². The second-order valence-corrected chi connectivity index (χ2v) is 5.60. The fraction of sp³-hybridized carbons (Fsp3) is 0.100. The van der Waals surface area contributed by atoms with Gasteiger partial charge in [0, 0.05) is 17.0 Å². The van der Waals surface area contributed by atoms with E-state index in [0.717, 1.165) is 21.7 Å². The molecule has 0 N–H and O–H groups in total. The number of benzene rings is 2. The van der Waals surface area contributed by atoms with E-state index in [2.05, 4.69) is 0 Å². The number of carbonyl (C=O) groups excluding carboxylic acids is 1. The fourth-order valence-corrected chi connectivity index (χ4v) is 3.14. The third kappa shape index (κ3) is 2.07. The maximum Gasteiger partial charge on any atom is 0.338 e.